The van der Waals surface area contributed by atoms with Crippen LogP contribution in [0.2, 0.25) is 0 Å². The number of carbonyl (C=O) groups is 1. The Labute approximate surface area is 221 Å². The molecule has 0 amide bonds. The normalized spacial score (nSPS) is 11.2. The van der Waals surface area contributed by atoms with E-state index in [0.29, 0.717) is 23.8 Å². The largest absolute Gasteiger partial charge is 0.482 e. The first-order valence-corrected chi connectivity index (χ1v) is 14.9. The van der Waals surface area contributed by atoms with Crippen LogP contribution in [0.3, 0.4) is 0 Å². The van der Waals surface area contributed by atoms with Gasteiger partial charge in [0.1, 0.15) is 11.6 Å². The number of halogens is 1. The van der Waals surface area contributed by atoms with Crippen LogP contribution in [-0.4, -0.2) is 44.2 Å². The Hall–Kier alpha value is -3.63. The summed E-state index contributed by atoms with van der Waals surface area (Å²) in [6, 6.07) is 17.2. The lowest BCUT2D eigenvalue weighted by Crippen LogP contribution is -2.12. The van der Waals surface area contributed by atoms with Crippen LogP contribution < -0.4 is 10.1 Å². The zero-order valence-electron chi connectivity index (χ0n) is 19.1. The van der Waals surface area contributed by atoms with E-state index in [4.69, 9.17) is 14.7 Å². The first-order chi connectivity index (χ1) is 17.6. The van der Waals surface area contributed by atoms with Crippen molar-refractivity contribution in [2.75, 3.05) is 19.0 Å². The van der Waals surface area contributed by atoms with E-state index in [1.165, 1.54) is 7.11 Å². The maximum atomic E-state index is 11.4. The topological polar surface area (TPSA) is 104 Å². The maximum absolute atomic E-state index is 11.4. The molecule has 11 heteroatoms. The number of methoxy groups -OCH3 is 1. The van der Waals surface area contributed by atoms with Crippen LogP contribution >= 0.6 is 28.4 Å². The Balaban J connectivity index is 1.44. The van der Waals surface area contributed by atoms with E-state index >= 15 is 0 Å². The fourth-order valence-corrected chi connectivity index (χ4v) is 4.60. The number of esters is 1. The van der Waals surface area contributed by atoms with Crippen molar-refractivity contribution in [3.8, 4) is 28.3 Å². The molecular formula is C25H20IN6O3P. The van der Waals surface area contributed by atoms with Crippen LogP contribution in [0.4, 0.5) is 11.5 Å². The average Bonchev–Trinajstić information content (AvgIpc) is 3.42. The minimum absolute atomic E-state index is 0.174. The molecule has 180 valence electrons. The number of nitrogens with zero attached hydrogens (tertiary/aromatic N) is 5. The minimum Gasteiger partial charge on any atom is -0.482 e. The van der Waals surface area contributed by atoms with Crippen molar-refractivity contribution >= 4 is 56.8 Å². The molecule has 0 saturated carbocycles. The summed E-state index contributed by atoms with van der Waals surface area (Å²) in [5.74, 6) is 1.22. The van der Waals surface area contributed by atoms with Gasteiger partial charge in [0.25, 0.3) is 0 Å². The standard InChI is InChI=1S/C25H20IN6O3P/c1-34-23(33)15-35-20-4-2-3-17(11-20)24-30-22-9-10-27-13-21(22)25(31-24)29-19-7-5-16(6-8-19)18-12-28-32(14-18)36-26/h2-14,36H,15H2,1H3,(H,29,30,31). The number of benzene rings is 2. The summed E-state index contributed by atoms with van der Waals surface area (Å²) >= 11 is 2.30. The fraction of sp³-hybridized carbons (Fsp3) is 0.0800. The molecule has 0 bridgehead atoms. The van der Waals surface area contributed by atoms with Crippen molar-refractivity contribution < 1.29 is 14.3 Å². The van der Waals surface area contributed by atoms with Gasteiger partial charge in [-0.05, 0) is 57.9 Å². The molecule has 0 saturated heterocycles. The van der Waals surface area contributed by atoms with Crippen molar-refractivity contribution in [2.24, 2.45) is 0 Å². The van der Waals surface area contributed by atoms with Crippen molar-refractivity contribution in [3.63, 3.8) is 0 Å². The molecule has 0 aliphatic heterocycles. The van der Waals surface area contributed by atoms with Gasteiger partial charge in [-0.3, -0.25) is 4.98 Å². The summed E-state index contributed by atoms with van der Waals surface area (Å²) in [7, 11) is 1.32. The Morgan fingerprint density at radius 2 is 1.92 bits per heavy atom. The van der Waals surface area contributed by atoms with Crippen molar-refractivity contribution in [1.82, 2.24) is 24.5 Å². The fourth-order valence-electron chi connectivity index (χ4n) is 3.52. The molecule has 3 aromatic heterocycles. The van der Waals surface area contributed by atoms with Crippen LogP contribution in [0.1, 0.15) is 0 Å². The molecule has 0 aliphatic carbocycles. The molecule has 3 heterocycles. The lowest BCUT2D eigenvalue weighted by molar-refractivity contribution is -0.142. The number of aromatic nitrogens is 5. The van der Waals surface area contributed by atoms with Gasteiger partial charge in [0.15, 0.2) is 12.4 Å². The van der Waals surface area contributed by atoms with Crippen molar-refractivity contribution in [1.29, 1.82) is 0 Å². The van der Waals surface area contributed by atoms with Gasteiger partial charge in [0.2, 0.25) is 0 Å². The highest BCUT2D eigenvalue weighted by Gasteiger charge is 2.12. The van der Waals surface area contributed by atoms with E-state index in [-0.39, 0.29) is 6.61 Å². The molecular weight excluding hydrogens is 590 g/mol. The number of ether oxygens (including phenoxy) is 2. The molecule has 0 spiro atoms. The van der Waals surface area contributed by atoms with Crippen LogP contribution in [0.5, 0.6) is 5.75 Å². The molecule has 1 unspecified atom stereocenters. The quantitative estimate of drug-likeness (QED) is 0.137. The highest BCUT2D eigenvalue weighted by molar-refractivity contribution is 14.2. The second kappa shape index (κ2) is 11.0. The van der Waals surface area contributed by atoms with Gasteiger partial charge in [0, 0.05) is 35.4 Å². The van der Waals surface area contributed by atoms with Gasteiger partial charge in [-0.1, -0.05) is 24.3 Å². The molecule has 0 fully saturated rings. The Bertz CT molecular complexity index is 1530. The number of nitrogens with one attached hydrogen (secondary N) is 1. The molecule has 5 aromatic rings. The third-order valence-electron chi connectivity index (χ3n) is 5.32. The number of pyridine rings is 1. The number of fused-ring (bicyclic) bond motifs is 1. The lowest BCUT2D eigenvalue weighted by Gasteiger charge is -2.12. The summed E-state index contributed by atoms with van der Waals surface area (Å²) in [4.78, 5) is 25.2. The Morgan fingerprint density at radius 3 is 2.69 bits per heavy atom. The average molecular weight is 610 g/mol. The van der Waals surface area contributed by atoms with E-state index in [0.717, 1.165) is 33.3 Å². The van der Waals surface area contributed by atoms with Gasteiger partial charge in [0.05, 0.1) is 30.6 Å². The van der Waals surface area contributed by atoms with Crippen LogP contribution in [0, 0.1) is 0 Å². The van der Waals surface area contributed by atoms with E-state index in [1.807, 2.05) is 59.3 Å². The second-order valence-corrected chi connectivity index (χ2v) is 9.72. The first-order valence-electron chi connectivity index (χ1n) is 10.8. The highest BCUT2D eigenvalue weighted by Crippen LogP contribution is 2.30. The van der Waals surface area contributed by atoms with Crippen LogP contribution in [0.25, 0.3) is 33.4 Å². The van der Waals surface area contributed by atoms with Gasteiger partial charge >= 0.3 is 5.97 Å². The van der Waals surface area contributed by atoms with Crippen molar-refractivity contribution in [3.05, 3.63) is 79.4 Å². The van der Waals surface area contributed by atoms with Gasteiger partial charge in [-0.25, -0.2) is 19.2 Å². The maximum Gasteiger partial charge on any atom is 0.343 e. The minimum atomic E-state index is -0.452. The number of hydrogen-bond acceptors (Lipinski definition) is 8. The first kappa shape index (κ1) is 24.1. The molecule has 5 rings (SSSR count). The van der Waals surface area contributed by atoms with Crippen molar-refractivity contribution in [2.45, 2.75) is 0 Å². The monoisotopic (exact) mass is 610 g/mol. The third-order valence-corrected chi connectivity index (χ3v) is 7.22. The van der Waals surface area contributed by atoms with E-state index < -0.39 is 5.97 Å². The number of carbonyl (C=O) groups excluding carboxylic acids is 1. The van der Waals surface area contributed by atoms with Gasteiger partial charge < -0.3 is 14.8 Å². The van der Waals surface area contributed by atoms with E-state index in [1.54, 1.807) is 24.5 Å². The molecule has 36 heavy (non-hydrogen) atoms. The zero-order valence-corrected chi connectivity index (χ0v) is 22.2. The summed E-state index contributed by atoms with van der Waals surface area (Å²) < 4.78 is 12.1. The molecule has 0 radical (unpaired) electrons. The number of hydrogen-bond donors (Lipinski definition) is 1. The smallest absolute Gasteiger partial charge is 0.343 e. The lowest BCUT2D eigenvalue weighted by atomic mass is 10.1. The highest BCUT2D eigenvalue weighted by atomic mass is 127. The number of rotatable bonds is 8. The van der Waals surface area contributed by atoms with Crippen LogP contribution in [-0.2, 0) is 9.53 Å². The molecule has 2 aromatic carbocycles. The molecule has 1 N–H and O–H groups in total. The summed E-state index contributed by atoms with van der Waals surface area (Å²) in [5.41, 5.74) is 4.54. The van der Waals surface area contributed by atoms with E-state index in [2.05, 4.69) is 42.2 Å². The third kappa shape index (κ3) is 5.44. The molecule has 1 atom stereocenters. The van der Waals surface area contributed by atoms with E-state index in [9.17, 15) is 4.79 Å². The zero-order chi connectivity index (χ0) is 24.9. The summed E-state index contributed by atoms with van der Waals surface area (Å²) in [5, 5.41) is 8.56. The Morgan fingerprint density at radius 1 is 1.06 bits per heavy atom. The molecule has 9 nitrogen and oxygen atoms in total. The number of anilines is 2. The van der Waals surface area contributed by atoms with Gasteiger partial charge in [-0.2, -0.15) is 5.10 Å². The summed E-state index contributed by atoms with van der Waals surface area (Å²) in [6.45, 7) is -0.174. The summed E-state index contributed by atoms with van der Waals surface area (Å²) in [6.07, 6.45) is 7.91. The predicted molar refractivity (Wildman–Crippen MR) is 149 cm³/mol. The van der Waals surface area contributed by atoms with Crippen LogP contribution in [0.15, 0.2) is 79.4 Å². The molecule has 0 aliphatic rings. The predicted octanol–water partition coefficient (Wildman–Crippen LogP) is 5.64. The SMILES string of the molecule is COC(=O)COc1cccc(-c2nc(Nc3ccc(-c4cnn(PI)c4)cc3)c3cnccc3n2)c1. The second-order valence-electron chi connectivity index (χ2n) is 7.64. The Kier molecular flexibility index (Phi) is 7.33. The van der Waals surface area contributed by atoms with Gasteiger partial charge in [-0.15, -0.1) is 0 Å².